The highest BCUT2D eigenvalue weighted by atomic mass is 32.2. The molecule has 7 nitrogen and oxygen atoms in total. The van der Waals surface area contributed by atoms with Crippen LogP contribution in [-0.4, -0.2) is 38.3 Å². The third kappa shape index (κ3) is 3.88. The standard InChI is InChI=1S/C21H20N4O3S/c1-12-4-7-16(8-5-12)25-14(3)23-24-21(25)29-13(2)20(27)15-6-9-18-17(10-15)22-19(26)11-28-18/h4-10,13H,11H2,1-3H3,(H,22,26). The number of nitrogens with zero attached hydrogens (tertiary/aromatic N) is 3. The van der Waals surface area contributed by atoms with Crippen molar-refractivity contribution in [3.05, 3.63) is 59.4 Å². The summed E-state index contributed by atoms with van der Waals surface area (Å²) in [6, 6.07) is 13.1. The molecular weight excluding hydrogens is 388 g/mol. The van der Waals surface area contributed by atoms with E-state index in [1.54, 1.807) is 18.2 Å². The lowest BCUT2D eigenvalue weighted by molar-refractivity contribution is -0.118. The van der Waals surface area contributed by atoms with E-state index in [0.29, 0.717) is 22.2 Å². The van der Waals surface area contributed by atoms with E-state index in [9.17, 15) is 9.59 Å². The van der Waals surface area contributed by atoms with Crippen LogP contribution in [0.4, 0.5) is 5.69 Å². The number of benzene rings is 2. The number of aryl methyl sites for hydroxylation is 2. The van der Waals surface area contributed by atoms with Crippen molar-refractivity contribution in [3.63, 3.8) is 0 Å². The van der Waals surface area contributed by atoms with Gasteiger partial charge in [0.25, 0.3) is 5.91 Å². The Hall–Kier alpha value is -3.13. The molecule has 1 amide bonds. The molecule has 0 saturated carbocycles. The van der Waals surface area contributed by atoms with Crippen LogP contribution in [0.15, 0.2) is 47.6 Å². The third-order valence-corrected chi connectivity index (χ3v) is 5.68. The minimum Gasteiger partial charge on any atom is -0.482 e. The fourth-order valence-corrected chi connectivity index (χ4v) is 4.08. The number of Topliss-reactive ketones (excluding diaryl/α,β-unsaturated/α-hetero) is 1. The number of anilines is 1. The second kappa shape index (κ2) is 7.71. The Labute approximate surface area is 172 Å². The first kappa shape index (κ1) is 19.2. The van der Waals surface area contributed by atoms with E-state index in [4.69, 9.17) is 4.74 Å². The Morgan fingerprint density at radius 3 is 2.69 bits per heavy atom. The number of ketones is 1. The van der Waals surface area contributed by atoms with Crippen molar-refractivity contribution in [1.29, 1.82) is 0 Å². The molecule has 148 valence electrons. The molecule has 4 rings (SSSR count). The van der Waals surface area contributed by atoms with Crippen LogP contribution in [0.5, 0.6) is 5.75 Å². The maximum atomic E-state index is 13.0. The van der Waals surface area contributed by atoms with E-state index in [2.05, 4.69) is 15.5 Å². The first-order valence-corrected chi connectivity index (χ1v) is 10.1. The van der Waals surface area contributed by atoms with Gasteiger partial charge in [-0.3, -0.25) is 14.2 Å². The molecule has 0 saturated heterocycles. The number of hydrogen-bond acceptors (Lipinski definition) is 6. The maximum Gasteiger partial charge on any atom is 0.262 e. The summed E-state index contributed by atoms with van der Waals surface area (Å²) >= 11 is 1.35. The molecule has 1 aliphatic rings. The van der Waals surface area contributed by atoms with Gasteiger partial charge in [0, 0.05) is 11.3 Å². The minimum atomic E-state index is -0.388. The highest BCUT2D eigenvalue weighted by molar-refractivity contribution is 8.00. The Kier molecular flexibility index (Phi) is 5.10. The fourth-order valence-electron chi connectivity index (χ4n) is 3.09. The van der Waals surface area contributed by atoms with Crippen molar-refractivity contribution in [3.8, 4) is 11.4 Å². The number of carbonyl (C=O) groups is 2. The summed E-state index contributed by atoms with van der Waals surface area (Å²) < 4.78 is 7.29. The quantitative estimate of drug-likeness (QED) is 0.513. The van der Waals surface area contributed by atoms with Gasteiger partial charge in [-0.1, -0.05) is 29.5 Å². The van der Waals surface area contributed by atoms with Crippen LogP contribution >= 0.6 is 11.8 Å². The summed E-state index contributed by atoms with van der Waals surface area (Å²) in [7, 11) is 0. The average Bonchev–Trinajstić information content (AvgIpc) is 3.07. The SMILES string of the molecule is Cc1ccc(-n2c(C)nnc2SC(C)C(=O)c2ccc3c(c2)NC(=O)CO3)cc1. The van der Waals surface area contributed by atoms with Gasteiger partial charge in [-0.25, -0.2) is 0 Å². The molecule has 1 unspecified atom stereocenters. The summed E-state index contributed by atoms with van der Waals surface area (Å²) in [5.41, 5.74) is 3.14. The molecule has 2 aromatic carbocycles. The van der Waals surface area contributed by atoms with Crippen molar-refractivity contribution in [2.75, 3.05) is 11.9 Å². The van der Waals surface area contributed by atoms with Crippen molar-refractivity contribution in [1.82, 2.24) is 14.8 Å². The molecule has 0 spiro atoms. The van der Waals surface area contributed by atoms with Gasteiger partial charge >= 0.3 is 0 Å². The van der Waals surface area contributed by atoms with Gasteiger partial charge in [0.2, 0.25) is 0 Å². The molecule has 0 fully saturated rings. The summed E-state index contributed by atoms with van der Waals surface area (Å²) in [4.78, 5) is 24.5. The van der Waals surface area contributed by atoms with E-state index in [1.165, 1.54) is 17.3 Å². The lowest BCUT2D eigenvalue weighted by Crippen LogP contribution is -2.25. The lowest BCUT2D eigenvalue weighted by Gasteiger charge is -2.19. The first-order chi connectivity index (χ1) is 13.9. The van der Waals surface area contributed by atoms with E-state index >= 15 is 0 Å². The van der Waals surface area contributed by atoms with Crippen molar-refractivity contribution >= 4 is 29.1 Å². The molecule has 2 heterocycles. The summed E-state index contributed by atoms with van der Waals surface area (Å²) in [6.07, 6.45) is 0. The second-order valence-corrected chi connectivity index (χ2v) is 8.18. The van der Waals surface area contributed by atoms with Crippen molar-refractivity contribution < 1.29 is 14.3 Å². The highest BCUT2D eigenvalue weighted by Gasteiger charge is 2.23. The molecule has 1 aromatic heterocycles. The lowest BCUT2D eigenvalue weighted by atomic mass is 10.1. The Balaban J connectivity index is 1.57. The van der Waals surface area contributed by atoms with Crippen LogP contribution in [-0.2, 0) is 4.79 Å². The highest BCUT2D eigenvalue weighted by Crippen LogP contribution is 2.31. The normalized spacial score (nSPS) is 14.0. The Bertz CT molecular complexity index is 1090. The molecule has 29 heavy (non-hydrogen) atoms. The first-order valence-electron chi connectivity index (χ1n) is 9.19. The number of nitrogens with one attached hydrogen (secondary N) is 1. The monoisotopic (exact) mass is 408 g/mol. The maximum absolute atomic E-state index is 13.0. The molecule has 0 aliphatic carbocycles. The number of thioether (sulfide) groups is 1. The minimum absolute atomic E-state index is 0.0133. The van der Waals surface area contributed by atoms with Crippen LogP contribution in [0.3, 0.4) is 0 Å². The van der Waals surface area contributed by atoms with E-state index < -0.39 is 0 Å². The average molecular weight is 408 g/mol. The largest absolute Gasteiger partial charge is 0.482 e. The number of carbonyl (C=O) groups excluding carboxylic acids is 2. The van der Waals surface area contributed by atoms with Crippen LogP contribution in [0.1, 0.15) is 28.7 Å². The molecule has 8 heteroatoms. The summed E-state index contributed by atoms with van der Waals surface area (Å²) in [5.74, 6) is 1.03. The van der Waals surface area contributed by atoms with Gasteiger partial charge in [-0.15, -0.1) is 10.2 Å². The van der Waals surface area contributed by atoms with Crippen molar-refractivity contribution in [2.24, 2.45) is 0 Å². The smallest absolute Gasteiger partial charge is 0.262 e. The fraction of sp³-hybridized carbons (Fsp3) is 0.238. The van der Waals surface area contributed by atoms with Crippen molar-refractivity contribution in [2.45, 2.75) is 31.2 Å². The van der Waals surface area contributed by atoms with Crippen LogP contribution < -0.4 is 10.1 Å². The third-order valence-electron chi connectivity index (χ3n) is 4.64. The Morgan fingerprint density at radius 2 is 1.93 bits per heavy atom. The molecule has 1 N–H and O–H groups in total. The van der Waals surface area contributed by atoms with Crippen LogP contribution in [0.2, 0.25) is 0 Å². The molecule has 1 atom stereocenters. The zero-order valence-corrected chi connectivity index (χ0v) is 17.1. The van der Waals surface area contributed by atoms with E-state index in [1.807, 2.05) is 49.6 Å². The number of amides is 1. The molecule has 0 bridgehead atoms. The van der Waals surface area contributed by atoms with Gasteiger partial charge in [-0.2, -0.15) is 0 Å². The summed E-state index contributed by atoms with van der Waals surface area (Å²) in [5, 5.41) is 11.4. The van der Waals surface area contributed by atoms with Crippen LogP contribution in [0, 0.1) is 13.8 Å². The van der Waals surface area contributed by atoms with Gasteiger partial charge in [-0.05, 0) is 51.1 Å². The number of aromatic nitrogens is 3. The number of ether oxygens (including phenoxy) is 1. The number of hydrogen-bond donors (Lipinski definition) is 1. The van der Waals surface area contributed by atoms with Gasteiger partial charge in [0.15, 0.2) is 17.5 Å². The van der Waals surface area contributed by atoms with Crippen LogP contribution in [0.25, 0.3) is 5.69 Å². The van der Waals surface area contributed by atoms with Gasteiger partial charge in [0.1, 0.15) is 11.6 Å². The van der Waals surface area contributed by atoms with Gasteiger partial charge < -0.3 is 10.1 Å². The Morgan fingerprint density at radius 1 is 1.17 bits per heavy atom. The summed E-state index contributed by atoms with van der Waals surface area (Å²) in [6.45, 7) is 5.74. The predicted octanol–water partition coefficient (Wildman–Crippen LogP) is 3.58. The second-order valence-electron chi connectivity index (χ2n) is 6.87. The molecular formula is C21H20N4O3S. The van der Waals surface area contributed by atoms with Gasteiger partial charge in [0.05, 0.1) is 10.9 Å². The zero-order valence-electron chi connectivity index (χ0n) is 16.3. The number of rotatable bonds is 5. The molecule has 1 aliphatic heterocycles. The predicted molar refractivity (Wildman–Crippen MR) is 111 cm³/mol. The zero-order chi connectivity index (χ0) is 20.5. The molecule has 0 radical (unpaired) electrons. The van der Waals surface area contributed by atoms with E-state index in [0.717, 1.165) is 11.5 Å². The number of fused-ring (bicyclic) bond motifs is 1. The molecule has 3 aromatic rings. The van der Waals surface area contributed by atoms with E-state index in [-0.39, 0.29) is 23.5 Å². The topological polar surface area (TPSA) is 86.1 Å².